The van der Waals surface area contributed by atoms with Crippen molar-refractivity contribution < 1.29 is 119 Å². The van der Waals surface area contributed by atoms with Gasteiger partial charge in [-0.1, -0.05) is 46.3 Å². The van der Waals surface area contributed by atoms with Crippen molar-refractivity contribution in [2.24, 2.45) is 45.8 Å². The molecule has 24 nitrogen and oxygen atoms in total. The maximum atomic E-state index is 12.2. The summed E-state index contributed by atoms with van der Waals surface area (Å²) in [6.07, 6.45) is -26.5. The second-order valence-corrected chi connectivity index (χ2v) is 23.8. The Morgan fingerprint density at radius 1 is 0.622 bits per heavy atom. The van der Waals surface area contributed by atoms with Crippen molar-refractivity contribution in [1.29, 1.82) is 0 Å². The van der Waals surface area contributed by atoms with Gasteiger partial charge in [-0.05, 0) is 91.3 Å². The second-order valence-electron chi connectivity index (χ2n) is 23.8. The molecule has 5 aliphatic heterocycles. The molecule has 9 aliphatic rings. The topological polar surface area (TPSA) is 387 Å². The molecule has 9 rings (SSSR count). The molecule has 426 valence electrons. The zero-order valence-electron chi connectivity index (χ0n) is 42.5. The quantitative estimate of drug-likeness (QED) is 0.0744. The first kappa shape index (κ1) is 57.5. The molecule has 8 fully saturated rings. The lowest BCUT2D eigenvalue weighted by Crippen LogP contribution is -2.67. The number of aliphatic hydroxyl groups is 15. The predicted octanol–water partition coefficient (Wildman–Crippen LogP) is -3.73. The van der Waals surface area contributed by atoms with Gasteiger partial charge in [0, 0.05) is 12.3 Å². The Morgan fingerprint density at radius 2 is 1.20 bits per heavy atom. The molecular weight excluding hydrogens is 985 g/mol. The average Bonchev–Trinajstić information content (AvgIpc) is 3.76. The summed E-state index contributed by atoms with van der Waals surface area (Å²) in [6, 6.07) is 0. The molecule has 15 N–H and O–H groups in total. The SMILES string of the molecule is C[C@H](CCC1(O)OC2C[C@@]3(C)[C@@H]4CC=C5CC(O[C@@H]6OC(CO)[C@@H](O[C@@H]7OC(O)[C@H](O)C(O)C7O)C(O)C6O[C@@H]6OC(O)[C@H](O)C(O)C6O)CC[C@]5(C)[C@H]4CC[C@]3(C)C2[C@@H]1C)CO[C@@H]1OC(CO)[C@@H](O)C(O)C1O. The van der Waals surface area contributed by atoms with Crippen molar-refractivity contribution >= 4 is 0 Å². The van der Waals surface area contributed by atoms with E-state index in [1.807, 2.05) is 6.92 Å². The van der Waals surface area contributed by atoms with Crippen LogP contribution in [0.2, 0.25) is 0 Å². The highest BCUT2D eigenvalue weighted by atomic mass is 16.8. The number of ether oxygens (including phenoxy) is 9. The Kier molecular flexibility index (Phi) is 16.8. The molecule has 4 aliphatic carbocycles. The van der Waals surface area contributed by atoms with Crippen molar-refractivity contribution in [3.63, 3.8) is 0 Å². The summed E-state index contributed by atoms with van der Waals surface area (Å²) in [5.74, 6) is -0.931. The Hall–Kier alpha value is -1.22. The zero-order valence-corrected chi connectivity index (χ0v) is 42.5. The lowest BCUT2D eigenvalue weighted by Gasteiger charge is -2.63. The first-order valence-corrected chi connectivity index (χ1v) is 26.5. The average molecular weight is 1070 g/mol. The molecular formula is C50H82O24. The molecule has 5 saturated heterocycles. The lowest BCUT2D eigenvalue weighted by atomic mass is 9.42. The third-order valence-corrected chi connectivity index (χ3v) is 19.7. The number of fused-ring (bicyclic) bond motifs is 7. The molecule has 0 aromatic carbocycles. The molecule has 31 atom stereocenters. The van der Waals surface area contributed by atoms with Gasteiger partial charge in [-0.15, -0.1) is 0 Å². The molecule has 0 spiro atoms. The van der Waals surface area contributed by atoms with E-state index in [4.69, 9.17) is 42.6 Å². The molecule has 0 amide bonds. The van der Waals surface area contributed by atoms with Crippen LogP contribution in [-0.4, -0.2) is 238 Å². The Bertz CT molecular complexity index is 1950. The van der Waals surface area contributed by atoms with Crippen LogP contribution in [-0.2, 0) is 42.6 Å². The predicted molar refractivity (Wildman–Crippen MR) is 246 cm³/mol. The van der Waals surface area contributed by atoms with Gasteiger partial charge in [0.15, 0.2) is 43.5 Å². The van der Waals surface area contributed by atoms with E-state index in [-0.39, 0.29) is 46.7 Å². The maximum Gasteiger partial charge on any atom is 0.189 e. The van der Waals surface area contributed by atoms with E-state index < -0.39 is 148 Å². The van der Waals surface area contributed by atoms with Gasteiger partial charge in [0.2, 0.25) is 0 Å². The molecule has 0 aromatic heterocycles. The summed E-state index contributed by atoms with van der Waals surface area (Å²) >= 11 is 0. The number of allylic oxidation sites excluding steroid dienone is 1. The fourth-order valence-corrected chi connectivity index (χ4v) is 15.0. The zero-order chi connectivity index (χ0) is 53.7. The highest BCUT2D eigenvalue weighted by molar-refractivity contribution is 5.28. The van der Waals surface area contributed by atoms with E-state index >= 15 is 0 Å². The summed E-state index contributed by atoms with van der Waals surface area (Å²) in [6.45, 7) is 9.90. The molecule has 24 heteroatoms. The molecule has 16 unspecified atom stereocenters. The molecule has 0 bridgehead atoms. The van der Waals surface area contributed by atoms with E-state index in [1.54, 1.807) is 0 Å². The minimum atomic E-state index is -2.01. The number of hydrogen-bond acceptors (Lipinski definition) is 24. The van der Waals surface area contributed by atoms with Crippen LogP contribution in [0.1, 0.15) is 92.4 Å². The van der Waals surface area contributed by atoms with E-state index in [1.165, 1.54) is 5.57 Å². The summed E-state index contributed by atoms with van der Waals surface area (Å²) in [5, 5.41) is 158. The van der Waals surface area contributed by atoms with Crippen LogP contribution < -0.4 is 0 Å². The smallest absolute Gasteiger partial charge is 0.189 e. The molecule has 0 aromatic rings. The normalized spacial score (nSPS) is 55.9. The summed E-state index contributed by atoms with van der Waals surface area (Å²) in [4.78, 5) is 0. The van der Waals surface area contributed by atoms with E-state index in [0.29, 0.717) is 37.5 Å². The van der Waals surface area contributed by atoms with Gasteiger partial charge < -0.3 is 119 Å². The summed E-state index contributed by atoms with van der Waals surface area (Å²) in [7, 11) is 0. The largest absolute Gasteiger partial charge is 0.394 e. The van der Waals surface area contributed by atoms with Gasteiger partial charge in [-0.25, -0.2) is 0 Å². The second kappa shape index (κ2) is 21.7. The minimum absolute atomic E-state index is 0.0956. The van der Waals surface area contributed by atoms with Crippen LogP contribution in [0.4, 0.5) is 0 Å². The van der Waals surface area contributed by atoms with Gasteiger partial charge in [0.1, 0.15) is 85.5 Å². The van der Waals surface area contributed by atoms with Crippen molar-refractivity contribution in [3.8, 4) is 0 Å². The van der Waals surface area contributed by atoms with Gasteiger partial charge in [-0.3, -0.25) is 0 Å². The monoisotopic (exact) mass is 1070 g/mol. The Balaban J connectivity index is 0.860. The molecule has 5 heterocycles. The van der Waals surface area contributed by atoms with Crippen LogP contribution in [0.3, 0.4) is 0 Å². The molecule has 3 saturated carbocycles. The lowest BCUT2D eigenvalue weighted by molar-refractivity contribution is -0.405. The van der Waals surface area contributed by atoms with Gasteiger partial charge >= 0.3 is 0 Å². The van der Waals surface area contributed by atoms with Gasteiger partial charge in [0.25, 0.3) is 0 Å². The third-order valence-electron chi connectivity index (χ3n) is 19.7. The van der Waals surface area contributed by atoms with Crippen LogP contribution in [0.15, 0.2) is 11.6 Å². The maximum absolute atomic E-state index is 12.2. The number of hydrogen-bond donors (Lipinski definition) is 15. The highest BCUT2D eigenvalue weighted by Gasteiger charge is 2.72. The number of aliphatic hydroxyl groups excluding tert-OH is 14. The number of rotatable bonds is 14. The fraction of sp³-hybridized carbons (Fsp3) is 0.960. The van der Waals surface area contributed by atoms with Gasteiger partial charge in [0.05, 0.1) is 32.0 Å². The third kappa shape index (κ3) is 9.77. The first-order chi connectivity index (χ1) is 34.8. The van der Waals surface area contributed by atoms with Crippen molar-refractivity contribution in [2.75, 3.05) is 19.8 Å². The molecule has 0 radical (unpaired) electrons. The van der Waals surface area contributed by atoms with Crippen LogP contribution in [0.5, 0.6) is 0 Å². The van der Waals surface area contributed by atoms with Crippen molar-refractivity contribution in [3.05, 3.63) is 11.6 Å². The van der Waals surface area contributed by atoms with Gasteiger partial charge in [-0.2, -0.15) is 0 Å². The molecule has 74 heavy (non-hydrogen) atoms. The standard InChI is InChI=1S/C50H82O24/c1-19(18-66-43-35(59)30(54)29(53)26(16-51)68-43)8-13-50(65)20(2)28-25(74-50)15-49(5)24-7-6-21-14-22(9-11-47(21,3)23(24)10-12-48(28,49)4)67-46-40(71-45-37(61)32(56)34(58)42(64)73-45)38(62)39(27(17-52)69-46)70-44-36(60)31(55)33(57)41(63)72-44/h6,19-20,22-46,51-65H,7-18H2,1-5H3/t19-,20+,22?,23+,24-,25?,26?,27?,28?,29-,30?,31?,32?,33-,34-,35?,36?,37?,38?,39-,40?,41?,42?,43-,44-,45-,46-,47+,48-,49+,50?/m1/s1. The van der Waals surface area contributed by atoms with Crippen LogP contribution in [0.25, 0.3) is 0 Å². The van der Waals surface area contributed by atoms with E-state index in [2.05, 4.69) is 33.8 Å². The van der Waals surface area contributed by atoms with Crippen LogP contribution in [0, 0.1) is 45.8 Å². The Labute approximate surface area is 429 Å². The minimum Gasteiger partial charge on any atom is -0.394 e. The van der Waals surface area contributed by atoms with E-state index in [0.717, 1.165) is 32.1 Å². The van der Waals surface area contributed by atoms with E-state index in [9.17, 15) is 76.6 Å². The first-order valence-electron chi connectivity index (χ1n) is 26.5. The fourth-order valence-electron chi connectivity index (χ4n) is 15.0. The summed E-state index contributed by atoms with van der Waals surface area (Å²) in [5.41, 5.74) is 0.714. The van der Waals surface area contributed by atoms with Crippen LogP contribution >= 0.6 is 0 Å². The van der Waals surface area contributed by atoms with Crippen molar-refractivity contribution in [1.82, 2.24) is 0 Å². The Morgan fingerprint density at radius 3 is 1.82 bits per heavy atom. The summed E-state index contributed by atoms with van der Waals surface area (Å²) < 4.78 is 53.1. The highest BCUT2D eigenvalue weighted by Crippen LogP contribution is 2.75. The van der Waals surface area contributed by atoms with Crippen molar-refractivity contribution in [2.45, 2.75) is 234 Å².